The molecule has 0 aliphatic carbocycles. The van der Waals surface area contributed by atoms with Crippen molar-refractivity contribution in [3.8, 4) is 0 Å². The SMILES string of the molecule is CCCCC(CC)COC(=O)OC(C)(C)C.O. The van der Waals surface area contributed by atoms with Gasteiger partial charge in [0.05, 0.1) is 6.61 Å². The van der Waals surface area contributed by atoms with Crippen molar-refractivity contribution in [1.82, 2.24) is 0 Å². The lowest BCUT2D eigenvalue weighted by molar-refractivity contribution is -0.0139. The molecule has 17 heavy (non-hydrogen) atoms. The monoisotopic (exact) mass is 248 g/mol. The van der Waals surface area contributed by atoms with E-state index in [1.807, 2.05) is 20.8 Å². The van der Waals surface area contributed by atoms with Crippen LogP contribution in [0.5, 0.6) is 0 Å². The Kier molecular flexibility index (Phi) is 10.1. The third-order valence-corrected chi connectivity index (χ3v) is 2.37. The number of rotatable bonds is 6. The van der Waals surface area contributed by atoms with E-state index in [0.29, 0.717) is 12.5 Å². The molecular formula is C13H28O4. The summed E-state index contributed by atoms with van der Waals surface area (Å²) < 4.78 is 10.2. The summed E-state index contributed by atoms with van der Waals surface area (Å²) in [6.45, 7) is 10.3. The summed E-state index contributed by atoms with van der Waals surface area (Å²) in [7, 11) is 0. The normalized spacial score (nSPS) is 12.5. The molecule has 0 fully saturated rings. The Morgan fingerprint density at radius 3 is 2.24 bits per heavy atom. The molecule has 0 saturated carbocycles. The molecule has 0 aliphatic heterocycles. The maximum Gasteiger partial charge on any atom is 0.508 e. The first-order chi connectivity index (χ1) is 7.39. The van der Waals surface area contributed by atoms with Crippen molar-refractivity contribution in [3.63, 3.8) is 0 Å². The van der Waals surface area contributed by atoms with E-state index in [9.17, 15) is 4.79 Å². The lowest BCUT2D eigenvalue weighted by Crippen LogP contribution is -2.25. The highest BCUT2D eigenvalue weighted by Gasteiger charge is 2.18. The zero-order valence-electron chi connectivity index (χ0n) is 11.8. The Labute approximate surface area is 105 Å². The van der Waals surface area contributed by atoms with E-state index in [1.54, 1.807) is 0 Å². The smallest absolute Gasteiger partial charge is 0.434 e. The standard InChI is InChI=1S/C13H26O3.H2O/c1-6-8-9-11(7-2)10-15-12(14)16-13(3,4)5;/h11H,6-10H2,1-5H3;1H2. The largest absolute Gasteiger partial charge is 0.508 e. The van der Waals surface area contributed by atoms with E-state index in [-0.39, 0.29) is 5.48 Å². The second-order valence-electron chi connectivity index (χ2n) is 5.19. The van der Waals surface area contributed by atoms with Gasteiger partial charge in [-0.2, -0.15) is 0 Å². The van der Waals surface area contributed by atoms with Crippen LogP contribution in [0.25, 0.3) is 0 Å². The summed E-state index contributed by atoms with van der Waals surface area (Å²) >= 11 is 0. The van der Waals surface area contributed by atoms with Crippen LogP contribution in [-0.4, -0.2) is 23.8 Å². The Balaban J connectivity index is 0. The molecule has 104 valence electrons. The lowest BCUT2D eigenvalue weighted by atomic mass is 10.0. The van der Waals surface area contributed by atoms with Crippen molar-refractivity contribution in [2.24, 2.45) is 5.92 Å². The van der Waals surface area contributed by atoms with Crippen LogP contribution in [0.4, 0.5) is 4.79 Å². The Morgan fingerprint density at radius 1 is 1.24 bits per heavy atom. The fourth-order valence-corrected chi connectivity index (χ4v) is 1.36. The number of carbonyl (C=O) groups is 1. The van der Waals surface area contributed by atoms with E-state index in [1.165, 1.54) is 12.8 Å². The molecule has 0 radical (unpaired) electrons. The third-order valence-electron chi connectivity index (χ3n) is 2.37. The highest BCUT2D eigenvalue weighted by Crippen LogP contribution is 2.14. The first-order valence-corrected chi connectivity index (χ1v) is 6.24. The molecule has 0 amide bonds. The third kappa shape index (κ3) is 11.5. The minimum atomic E-state index is -0.553. The average Bonchev–Trinajstić information content (AvgIpc) is 2.15. The zero-order valence-corrected chi connectivity index (χ0v) is 11.8. The molecule has 0 bridgehead atoms. The quantitative estimate of drug-likeness (QED) is 0.677. The number of hydrogen-bond donors (Lipinski definition) is 0. The van der Waals surface area contributed by atoms with E-state index in [2.05, 4.69) is 13.8 Å². The van der Waals surface area contributed by atoms with Crippen molar-refractivity contribution in [1.29, 1.82) is 0 Å². The van der Waals surface area contributed by atoms with Gasteiger partial charge >= 0.3 is 6.16 Å². The van der Waals surface area contributed by atoms with Crippen LogP contribution in [0.1, 0.15) is 60.3 Å². The summed E-state index contributed by atoms with van der Waals surface area (Å²) in [5.41, 5.74) is -0.470. The summed E-state index contributed by atoms with van der Waals surface area (Å²) in [4.78, 5) is 11.3. The fraction of sp³-hybridized carbons (Fsp3) is 0.923. The summed E-state index contributed by atoms with van der Waals surface area (Å²) in [6, 6.07) is 0. The van der Waals surface area contributed by atoms with Crippen molar-refractivity contribution >= 4 is 6.16 Å². The Bertz CT molecular complexity index is 196. The highest BCUT2D eigenvalue weighted by molar-refractivity contribution is 5.60. The first-order valence-electron chi connectivity index (χ1n) is 6.24. The van der Waals surface area contributed by atoms with Gasteiger partial charge in [-0.1, -0.05) is 33.1 Å². The number of ether oxygens (including phenoxy) is 2. The molecule has 1 atom stereocenters. The van der Waals surface area contributed by atoms with Gasteiger partial charge in [-0.15, -0.1) is 0 Å². The van der Waals surface area contributed by atoms with Gasteiger partial charge in [-0.05, 0) is 33.1 Å². The Morgan fingerprint density at radius 2 is 1.82 bits per heavy atom. The van der Waals surface area contributed by atoms with Crippen LogP contribution in [-0.2, 0) is 9.47 Å². The van der Waals surface area contributed by atoms with Gasteiger partial charge in [0.25, 0.3) is 0 Å². The van der Waals surface area contributed by atoms with E-state index >= 15 is 0 Å². The molecule has 1 unspecified atom stereocenters. The van der Waals surface area contributed by atoms with Crippen molar-refractivity contribution in [2.75, 3.05) is 6.61 Å². The molecule has 4 nitrogen and oxygen atoms in total. The van der Waals surface area contributed by atoms with E-state index < -0.39 is 11.8 Å². The second kappa shape index (κ2) is 9.28. The van der Waals surface area contributed by atoms with Crippen LogP contribution in [0, 0.1) is 5.92 Å². The van der Waals surface area contributed by atoms with Gasteiger partial charge < -0.3 is 14.9 Å². The lowest BCUT2D eigenvalue weighted by Gasteiger charge is -2.20. The minimum Gasteiger partial charge on any atom is -0.434 e. The van der Waals surface area contributed by atoms with E-state index in [4.69, 9.17) is 9.47 Å². The number of carbonyl (C=O) groups excluding carboxylic acids is 1. The van der Waals surface area contributed by atoms with Crippen molar-refractivity contribution in [2.45, 2.75) is 65.9 Å². The van der Waals surface area contributed by atoms with Gasteiger partial charge in [-0.3, -0.25) is 0 Å². The number of hydrogen-bond acceptors (Lipinski definition) is 3. The van der Waals surface area contributed by atoms with Crippen LogP contribution in [0.3, 0.4) is 0 Å². The molecule has 0 aromatic carbocycles. The molecule has 2 N–H and O–H groups in total. The summed E-state index contributed by atoms with van der Waals surface area (Å²) in [5.74, 6) is 0.465. The van der Waals surface area contributed by atoms with Gasteiger partial charge in [0.15, 0.2) is 0 Å². The molecular weight excluding hydrogens is 220 g/mol. The van der Waals surface area contributed by atoms with Gasteiger partial charge in [-0.25, -0.2) is 4.79 Å². The van der Waals surface area contributed by atoms with Gasteiger partial charge in [0.1, 0.15) is 5.60 Å². The van der Waals surface area contributed by atoms with Crippen LogP contribution >= 0.6 is 0 Å². The minimum absolute atomic E-state index is 0. The zero-order chi connectivity index (χ0) is 12.6. The van der Waals surface area contributed by atoms with Crippen molar-refractivity contribution in [3.05, 3.63) is 0 Å². The topological polar surface area (TPSA) is 67.0 Å². The second-order valence-corrected chi connectivity index (χ2v) is 5.19. The van der Waals surface area contributed by atoms with Crippen molar-refractivity contribution < 1.29 is 19.7 Å². The molecule has 0 rings (SSSR count). The molecule has 0 heterocycles. The number of unbranched alkanes of at least 4 members (excludes halogenated alkanes) is 1. The summed E-state index contributed by atoms with van der Waals surface area (Å²) in [6.07, 6.45) is 3.99. The van der Waals surface area contributed by atoms with Gasteiger partial charge in [0.2, 0.25) is 0 Å². The first kappa shape index (κ1) is 18.6. The maximum absolute atomic E-state index is 11.3. The predicted molar refractivity (Wildman–Crippen MR) is 69.1 cm³/mol. The van der Waals surface area contributed by atoms with E-state index in [0.717, 1.165) is 12.8 Å². The van der Waals surface area contributed by atoms with Crippen LogP contribution in [0.15, 0.2) is 0 Å². The molecule has 0 spiro atoms. The molecule has 4 heteroatoms. The molecule has 0 aromatic heterocycles. The molecule has 0 aromatic rings. The fourth-order valence-electron chi connectivity index (χ4n) is 1.36. The van der Waals surface area contributed by atoms with Crippen LogP contribution in [0.2, 0.25) is 0 Å². The average molecular weight is 248 g/mol. The van der Waals surface area contributed by atoms with Gasteiger partial charge in [0, 0.05) is 0 Å². The Hall–Kier alpha value is -0.770. The summed E-state index contributed by atoms with van der Waals surface area (Å²) in [5, 5.41) is 0. The highest BCUT2D eigenvalue weighted by atomic mass is 16.7. The molecule has 0 saturated heterocycles. The molecule has 0 aliphatic rings. The predicted octanol–water partition coefficient (Wildman–Crippen LogP) is 3.33. The van der Waals surface area contributed by atoms with Crippen LogP contribution < -0.4 is 0 Å². The maximum atomic E-state index is 11.3.